The Hall–Kier alpha value is -5.35. The molecule has 1 aliphatic heterocycles. The molecule has 3 aromatic carbocycles. The van der Waals surface area contributed by atoms with E-state index in [1.54, 1.807) is 63.0 Å². The van der Waals surface area contributed by atoms with E-state index in [0.717, 1.165) is 44.0 Å². The Labute approximate surface area is 269 Å². The maximum atomic E-state index is 13.1. The first-order valence-electron chi connectivity index (χ1n) is 14.9. The highest BCUT2D eigenvalue weighted by Gasteiger charge is 2.21. The van der Waals surface area contributed by atoms with Gasteiger partial charge in [0.1, 0.15) is 5.57 Å². The highest BCUT2D eigenvalue weighted by Crippen LogP contribution is 2.33. The van der Waals surface area contributed by atoms with Gasteiger partial charge in [0.25, 0.3) is 17.8 Å². The lowest BCUT2D eigenvalue weighted by molar-refractivity contribution is -0.111. The van der Waals surface area contributed by atoms with Crippen molar-refractivity contribution in [2.24, 2.45) is 0 Å². The standard InChI is InChI=1S/C36H38N4O6/c1-43-31-20-26-16-19-40(23-28(26)21-32(31)44-2)18-15-24-7-11-29(12-8-24)38-34(41)25-9-13-30(14-10-25)39-35(42)33(36(45-3)46-4)27-6-5-17-37-22-27/h5-14,17,20-22H,15-16,18-19,23H2,1-4H3,(H,38,41)(H,39,42). The molecule has 0 radical (unpaired) electrons. The molecule has 2 heterocycles. The molecule has 0 bridgehead atoms. The van der Waals surface area contributed by atoms with Gasteiger partial charge in [0, 0.05) is 54.5 Å². The number of carbonyl (C=O) groups excluding carboxylic acids is 2. The Kier molecular flexibility index (Phi) is 10.5. The van der Waals surface area contributed by atoms with Gasteiger partial charge in [0.05, 0.1) is 28.4 Å². The molecule has 0 aliphatic carbocycles. The Morgan fingerprint density at radius 2 is 1.46 bits per heavy atom. The third kappa shape index (κ3) is 7.65. The second-order valence-corrected chi connectivity index (χ2v) is 10.7. The number of nitrogens with zero attached hydrogens (tertiary/aromatic N) is 2. The number of aromatic nitrogens is 1. The van der Waals surface area contributed by atoms with Gasteiger partial charge < -0.3 is 29.6 Å². The fourth-order valence-corrected chi connectivity index (χ4v) is 5.42. The predicted octanol–water partition coefficient (Wildman–Crippen LogP) is 5.55. The first kappa shape index (κ1) is 32.1. The molecule has 10 heteroatoms. The zero-order chi connectivity index (χ0) is 32.5. The summed E-state index contributed by atoms with van der Waals surface area (Å²) < 4.78 is 21.5. The molecule has 0 fully saturated rings. The van der Waals surface area contributed by atoms with Crippen LogP contribution in [0.25, 0.3) is 5.57 Å². The van der Waals surface area contributed by atoms with Crippen molar-refractivity contribution in [3.05, 3.63) is 119 Å². The minimum absolute atomic E-state index is 0.0622. The summed E-state index contributed by atoms with van der Waals surface area (Å²) in [5, 5.41) is 5.78. The highest BCUT2D eigenvalue weighted by atomic mass is 16.7. The van der Waals surface area contributed by atoms with Crippen LogP contribution in [0.2, 0.25) is 0 Å². The normalized spacial score (nSPS) is 12.3. The third-order valence-corrected chi connectivity index (χ3v) is 7.88. The Bertz CT molecular complexity index is 1680. The number of carbonyl (C=O) groups is 2. The summed E-state index contributed by atoms with van der Waals surface area (Å²) in [6.07, 6.45) is 5.04. The van der Waals surface area contributed by atoms with Crippen molar-refractivity contribution in [3.63, 3.8) is 0 Å². The van der Waals surface area contributed by atoms with Crippen LogP contribution in [0, 0.1) is 0 Å². The van der Waals surface area contributed by atoms with E-state index >= 15 is 0 Å². The smallest absolute Gasteiger partial charge is 0.292 e. The molecule has 238 valence electrons. The number of benzene rings is 3. The number of rotatable bonds is 12. The summed E-state index contributed by atoms with van der Waals surface area (Å²) >= 11 is 0. The Morgan fingerprint density at radius 1 is 0.804 bits per heavy atom. The molecule has 0 spiro atoms. The Morgan fingerprint density at radius 3 is 2.09 bits per heavy atom. The molecule has 0 saturated carbocycles. The van der Waals surface area contributed by atoms with Gasteiger partial charge in [-0.25, -0.2) is 0 Å². The quantitative estimate of drug-likeness (QED) is 0.156. The second kappa shape index (κ2) is 15.1. The van der Waals surface area contributed by atoms with Crippen LogP contribution in [0.3, 0.4) is 0 Å². The van der Waals surface area contributed by atoms with Crippen LogP contribution < -0.4 is 20.1 Å². The van der Waals surface area contributed by atoms with Crippen LogP contribution in [0.1, 0.15) is 32.6 Å². The van der Waals surface area contributed by atoms with Crippen LogP contribution in [-0.4, -0.2) is 63.2 Å². The van der Waals surface area contributed by atoms with Gasteiger partial charge in [0.2, 0.25) is 0 Å². The number of anilines is 2. The molecule has 1 aliphatic rings. The van der Waals surface area contributed by atoms with Crippen molar-refractivity contribution >= 4 is 28.8 Å². The third-order valence-electron chi connectivity index (χ3n) is 7.88. The largest absolute Gasteiger partial charge is 0.493 e. The molecule has 5 rings (SSSR count). The Balaban J connectivity index is 1.14. The molecular weight excluding hydrogens is 584 g/mol. The second-order valence-electron chi connectivity index (χ2n) is 10.7. The first-order chi connectivity index (χ1) is 22.4. The first-order valence-corrected chi connectivity index (χ1v) is 14.9. The summed E-state index contributed by atoms with van der Waals surface area (Å²) in [4.78, 5) is 32.6. The average molecular weight is 623 g/mol. The van der Waals surface area contributed by atoms with Crippen LogP contribution in [0.5, 0.6) is 11.5 Å². The van der Waals surface area contributed by atoms with Crippen LogP contribution in [-0.2, 0) is 33.7 Å². The number of methoxy groups -OCH3 is 4. The minimum atomic E-state index is -0.435. The van der Waals surface area contributed by atoms with Crippen LogP contribution in [0.15, 0.2) is 91.1 Å². The number of fused-ring (bicyclic) bond motifs is 1. The van der Waals surface area contributed by atoms with Crippen molar-refractivity contribution in [3.8, 4) is 11.5 Å². The fourth-order valence-electron chi connectivity index (χ4n) is 5.42. The molecule has 46 heavy (non-hydrogen) atoms. The van der Waals surface area contributed by atoms with Gasteiger partial charge in [0.15, 0.2) is 11.5 Å². The van der Waals surface area contributed by atoms with Crippen LogP contribution in [0.4, 0.5) is 11.4 Å². The summed E-state index contributed by atoms with van der Waals surface area (Å²) in [6, 6.07) is 22.2. The highest BCUT2D eigenvalue weighted by molar-refractivity contribution is 6.25. The van der Waals surface area contributed by atoms with Crippen molar-refractivity contribution in [2.75, 3.05) is 52.2 Å². The topological polar surface area (TPSA) is 111 Å². The van der Waals surface area contributed by atoms with E-state index in [-0.39, 0.29) is 17.4 Å². The molecule has 0 atom stereocenters. The van der Waals surface area contributed by atoms with Crippen molar-refractivity contribution in [1.82, 2.24) is 9.88 Å². The molecular formula is C36H38N4O6. The number of amides is 2. The molecule has 4 aromatic rings. The zero-order valence-electron chi connectivity index (χ0n) is 26.5. The monoisotopic (exact) mass is 622 g/mol. The maximum absolute atomic E-state index is 13.1. The lowest BCUT2D eigenvalue weighted by Crippen LogP contribution is -2.32. The summed E-state index contributed by atoms with van der Waals surface area (Å²) in [6.45, 7) is 2.79. The zero-order valence-corrected chi connectivity index (χ0v) is 26.5. The number of hydrogen-bond donors (Lipinski definition) is 2. The molecule has 0 unspecified atom stereocenters. The van der Waals surface area contributed by atoms with Crippen molar-refractivity contribution in [1.29, 1.82) is 0 Å². The molecule has 1 aromatic heterocycles. The van der Waals surface area contributed by atoms with E-state index in [9.17, 15) is 9.59 Å². The SMILES string of the molecule is COC(OC)=C(C(=O)Nc1ccc(C(=O)Nc2ccc(CCN3CCc4cc(OC)c(OC)cc4C3)cc2)cc1)c1cccnc1. The number of hydrogen-bond acceptors (Lipinski definition) is 8. The van der Waals surface area contributed by atoms with Gasteiger partial charge in [-0.2, -0.15) is 0 Å². The van der Waals surface area contributed by atoms with Crippen molar-refractivity contribution in [2.45, 2.75) is 19.4 Å². The van der Waals surface area contributed by atoms with Gasteiger partial charge in [-0.3, -0.25) is 19.5 Å². The molecule has 2 amide bonds. The van der Waals surface area contributed by atoms with Crippen LogP contribution >= 0.6 is 0 Å². The number of ether oxygens (including phenoxy) is 4. The van der Waals surface area contributed by atoms with Gasteiger partial charge >= 0.3 is 0 Å². The van der Waals surface area contributed by atoms with Crippen molar-refractivity contribution < 1.29 is 28.5 Å². The summed E-state index contributed by atoms with van der Waals surface area (Å²) in [5.41, 5.74) is 6.19. The van der Waals surface area contributed by atoms with Gasteiger partial charge in [-0.05, 0) is 84.1 Å². The van der Waals surface area contributed by atoms with E-state index in [4.69, 9.17) is 18.9 Å². The molecule has 2 N–H and O–H groups in total. The number of nitrogens with one attached hydrogen (secondary N) is 2. The van der Waals surface area contributed by atoms with Gasteiger partial charge in [-0.15, -0.1) is 0 Å². The van der Waals surface area contributed by atoms with E-state index in [1.807, 2.05) is 24.3 Å². The lowest BCUT2D eigenvalue weighted by Gasteiger charge is -2.29. The summed E-state index contributed by atoms with van der Waals surface area (Å²) in [5.74, 6) is 0.912. The molecule has 10 nitrogen and oxygen atoms in total. The van der Waals surface area contributed by atoms with E-state index < -0.39 is 5.91 Å². The lowest BCUT2D eigenvalue weighted by atomic mass is 9.98. The van der Waals surface area contributed by atoms with E-state index in [0.29, 0.717) is 22.5 Å². The minimum Gasteiger partial charge on any atom is -0.493 e. The average Bonchev–Trinajstić information content (AvgIpc) is 3.10. The molecule has 0 saturated heterocycles. The van der Waals surface area contributed by atoms with E-state index in [1.165, 1.54) is 30.9 Å². The summed E-state index contributed by atoms with van der Waals surface area (Å²) in [7, 11) is 6.18. The predicted molar refractivity (Wildman–Crippen MR) is 177 cm³/mol. The maximum Gasteiger partial charge on any atom is 0.292 e. The fraction of sp³-hybridized carbons (Fsp3) is 0.250. The van der Waals surface area contributed by atoms with E-state index in [2.05, 4.69) is 32.7 Å². The number of pyridine rings is 1. The van der Waals surface area contributed by atoms with Gasteiger partial charge in [-0.1, -0.05) is 18.2 Å².